The van der Waals surface area contributed by atoms with Gasteiger partial charge in [-0.3, -0.25) is 4.79 Å². The van der Waals surface area contributed by atoms with Crippen molar-refractivity contribution in [1.29, 1.82) is 0 Å². The third kappa shape index (κ3) is 2.47. The molecule has 1 aliphatic rings. The van der Waals surface area contributed by atoms with Crippen LogP contribution in [0.5, 0.6) is 0 Å². The van der Waals surface area contributed by atoms with E-state index in [1.165, 1.54) is 55.4 Å². The Kier molecular flexibility index (Phi) is 4.50. The van der Waals surface area contributed by atoms with E-state index < -0.39 is 0 Å². The number of carbonyl (C=O) groups is 1. The zero-order valence-corrected chi connectivity index (χ0v) is 19.9. The molecule has 0 spiro atoms. The topological polar surface area (TPSA) is 44.9 Å². The van der Waals surface area contributed by atoms with E-state index in [1.807, 2.05) is 0 Å². The minimum absolute atomic E-state index is 0.00226. The van der Waals surface area contributed by atoms with E-state index in [-0.39, 0.29) is 5.91 Å². The van der Waals surface area contributed by atoms with E-state index in [9.17, 15) is 4.79 Å². The molecule has 3 heteroatoms. The number of hydrogen-bond donors (Lipinski definition) is 2. The van der Waals surface area contributed by atoms with Crippen molar-refractivity contribution < 1.29 is 4.79 Å². The third-order valence-electron chi connectivity index (χ3n) is 7.84. The number of amides is 1. The molecule has 0 unspecified atom stereocenters. The monoisotopic (exact) mass is 400 g/mol. The summed E-state index contributed by atoms with van der Waals surface area (Å²) in [6.07, 6.45) is 0. The molecule has 2 aromatic carbocycles. The van der Waals surface area contributed by atoms with Gasteiger partial charge in [0, 0.05) is 22.2 Å². The van der Waals surface area contributed by atoms with E-state index in [1.54, 1.807) is 0 Å². The predicted octanol–water partition coefficient (Wildman–Crippen LogP) is 6.83. The van der Waals surface area contributed by atoms with E-state index in [4.69, 9.17) is 0 Å². The van der Waals surface area contributed by atoms with Crippen LogP contribution in [0.1, 0.15) is 68.3 Å². The molecule has 3 nitrogen and oxygen atoms in total. The van der Waals surface area contributed by atoms with Crippen LogP contribution < -0.4 is 5.32 Å². The molecule has 2 heterocycles. The van der Waals surface area contributed by atoms with Crippen LogP contribution >= 0.6 is 0 Å². The third-order valence-corrected chi connectivity index (χ3v) is 7.84. The Bertz CT molecular complexity index is 1320. The van der Waals surface area contributed by atoms with Crippen molar-refractivity contribution in [2.24, 2.45) is 0 Å². The normalized spacial score (nSPS) is 15.1. The van der Waals surface area contributed by atoms with Crippen LogP contribution in [0.4, 0.5) is 5.69 Å². The quantitative estimate of drug-likeness (QED) is 0.432. The Morgan fingerprint density at radius 3 is 1.80 bits per heavy atom. The number of benzene rings is 2. The van der Waals surface area contributed by atoms with Gasteiger partial charge < -0.3 is 10.3 Å². The summed E-state index contributed by atoms with van der Waals surface area (Å²) in [6.45, 7) is 21.6. The fourth-order valence-corrected chi connectivity index (χ4v) is 5.21. The molecular weight excluding hydrogens is 368 g/mol. The van der Waals surface area contributed by atoms with Crippen LogP contribution in [0.25, 0.3) is 22.0 Å². The Hall–Kier alpha value is -2.81. The molecule has 0 radical (unpaired) electrons. The molecular formula is C27H32N2O. The average Bonchev–Trinajstić information content (AvgIpc) is 3.24. The number of rotatable bonds is 1. The number of aryl methyl sites for hydroxylation is 3. The fourth-order valence-electron chi connectivity index (χ4n) is 5.21. The lowest BCUT2D eigenvalue weighted by Crippen LogP contribution is -2.06. The molecule has 0 saturated heterocycles. The molecule has 1 amide bonds. The van der Waals surface area contributed by atoms with Gasteiger partial charge in [0.15, 0.2) is 0 Å². The molecule has 1 aliphatic heterocycles. The highest BCUT2D eigenvalue weighted by Gasteiger charge is 2.32. The zero-order chi connectivity index (χ0) is 22.2. The molecule has 2 N–H and O–H groups in total. The number of nitrogens with one attached hydrogen (secondary N) is 2. The van der Waals surface area contributed by atoms with Crippen molar-refractivity contribution in [3.8, 4) is 0 Å². The lowest BCUT2D eigenvalue weighted by atomic mass is 9.88. The summed E-state index contributed by atoms with van der Waals surface area (Å²) in [5.74, 6) is -0.00226. The second-order valence-electron chi connectivity index (χ2n) is 9.08. The maximum absolute atomic E-state index is 13.2. The molecule has 0 aliphatic carbocycles. The number of carbonyl (C=O) groups excluding carboxylic acids is 1. The highest BCUT2D eigenvalue weighted by molar-refractivity contribution is 6.37. The van der Waals surface area contributed by atoms with Crippen LogP contribution in [0.2, 0.25) is 0 Å². The molecule has 156 valence electrons. The van der Waals surface area contributed by atoms with Gasteiger partial charge in [-0.1, -0.05) is 0 Å². The SMILES string of the molecule is C/C(=C1\C(=O)Nc2c(C)c(C)c(C)c(C)c21)c1[nH]c2c(C)c(C)c(C)c(C)c2c1C. The van der Waals surface area contributed by atoms with Crippen LogP contribution in [0.15, 0.2) is 0 Å². The Labute approximate surface area is 179 Å². The molecule has 0 atom stereocenters. The summed E-state index contributed by atoms with van der Waals surface area (Å²) in [7, 11) is 0. The van der Waals surface area contributed by atoms with Gasteiger partial charge in [0.05, 0.1) is 11.3 Å². The highest BCUT2D eigenvalue weighted by Crippen LogP contribution is 2.44. The van der Waals surface area contributed by atoms with Crippen molar-refractivity contribution in [3.63, 3.8) is 0 Å². The highest BCUT2D eigenvalue weighted by atomic mass is 16.2. The summed E-state index contributed by atoms with van der Waals surface area (Å²) >= 11 is 0. The zero-order valence-electron chi connectivity index (χ0n) is 19.9. The van der Waals surface area contributed by atoms with E-state index in [2.05, 4.69) is 79.5 Å². The summed E-state index contributed by atoms with van der Waals surface area (Å²) < 4.78 is 0. The first kappa shape index (κ1) is 20.5. The number of anilines is 1. The first-order valence-corrected chi connectivity index (χ1v) is 10.7. The summed E-state index contributed by atoms with van der Waals surface area (Å²) in [6, 6.07) is 0. The minimum Gasteiger partial charge on any atom is -0.354 e. The Balaban J connectivity index is 2.09. The van der Waals surface area contributed by atoms with Crippen molar-refractivity contribution >= 4 is 33.6 Å². The van der Waals surface area contributed by atoms with Crippen molar-refractivity contribution in [2.75, 3.05) is 5.32 Å². The van der Waals surface area contributed by atoms with E-state index in [0.29, 0.717) is 0 Å². The van der Waals surface area contributed by atoms with Crippen molar-refractivity contribution in [1.82, 2.24) is 4.98 Å². The second kappa shape index (κ2) is 6.60. The number of H-pyrrole nitrogens is 1. The molecule has 0 saturated carbocycles. The van der Waals surface area contributed by atoms with Gasteiger partial charge in [0.25, 0.3) is 5.91 Å². The van der Waals surface area contributed by atoms with Gasteiger partial charge in [-0.15, -0.1) is 0 Å². The summed E-state index contributed by atoms with van der Waals surface area (Å²) in [5.41, 5.74) is 17.5. The molecule has 1 aromatic heterocycles. The van der Waals surface area contributed by atoms with Crippen LogP contribution in [-0.4, -0.2) is 10.9 Å². The number of aromatic amines is 1. The predicted molar refractivity (Wildman–Crippen MR) is 128 cm³/mol. The van der Waals surface area contributed by atoms with Crippen molar-refractivity contribution in [2.45, 2.75) is 69.2 Å². The molecule has 30 heavy (non-hydrogen) atoms. The lowest BCUT2D eigenvalue weighted by Gasteiger charge is -2.15. The average molecular weight is 401 g/mol. The Morgan fingerprint density at radius 2 is 1.17 bits per heavy atom. The van der Waals surface area contributed by atoms with Crippen LogP contribution in [0, 0.1) is 62.3 Å². The van der Waals surface area contributed by atoms with Gasteiger partial charge in [-0.2, -0.15) is 0 Å². The summed E-state index contributed by atoms with van der Waals surface area (Å²) in [5, 5.41) is 4.45. The van der Waals surface area contributed by atoms with Crippen LogP contribution in [0.3, 0.4) is 0 Å². The van der Waals surface area contributed by atoms with Crippen LogP contribution in [-0.2, 0) is 4.79 Å². The Morgan fingerprint density at radius 1 is 0.633 bits per heavy atom. The standard InChI is InChI=1S/C27H32N2O/c1-11-13(3)17(7)25-21(15(11)5)19(9)24(28-25)20(10)23-22-16(6)12(2)14(4)18(8)26(22)29-27(23)30/h28H,1-10H3,(H,29,30)/b23-20+. The van der Waals surface area contributed by atoms with Gasteiger partial charge in [0.2, 0.25) is 0 Å². The summed E-state index contributed by atoms with van der Waals surface area (Å²) in [4.78, 5) is 16.9. The van der Waals surface area contributed by atoms with E-state index >= 15 is 0 Å². The first-order chi connectivity index (χ1) is 14.0. The number of allylic oxidation sites excluding steroid dienone is 1. The molecule has 3 aromatic rings. The van der Waals surface area contributed by atoms with Gasteiger partial charge >= 0.3 is 0 Å². The van der Waals surface area contributed by atoms with E-state index in [0.717, 1.165) is 33.7 Å². The number of hydrogen-bond acceptors (Lipinski definition) is 1. The largest absolute Gasteiger partial charge is 0.354 e. The smallest absolute Gasteiger partial charge is 0.256 e. The number of fused-ring (bicyclic) bond motifs is 2. The first-order valence-electron chi connectivity index (χ1n) is 10.7. The maximum atomic E-state index is 13.2. The maximum Gasteiger partial charge on any atom is 0.256 e. The lowest BCUT2D eigenvalue weighted by molar-refractivity contribution is -0.110. The molecule has 0 fully saturated rings. The molecule has 4 rings (SSSR count). The second-order valence-corrected chi connectivity index (χ2v) is 9.08. The van der Waals surface area contributed by atoms with Crippen molar-refractivity contribution in [3.05, 3.63) is 61.3 Å². The molecule has 0 bridgehead atoms. The van der Waals surface area contributed by atoms with Gasteiger partial charge in [-0.05, 0) is 125 Å². The fraction of sp³-hybridized carbons (Fsp3) is 0.370. The minimum atomic E-state index is -0.00226. The van der Waals surface area contributed by atoms with Gasteiger partial charge in [0.1, 0.15) is 0 Å². The van der Waals surface area contributed by atoms with Gasteiger partial charge in [-0.25, -0.2) is 0 Å². The number of aromatic nitrogens is 1.